The summed E-state index contributed by atoms with van der Waals surface area (Å²) in [6.45, 7) is 9.80. The number of piperidine rings is 1. The Hall–Kier alpha value is -6.70. The van der Waals surface area contributed by atoms with Gasteiger partial charge < -0.3 is 48.7 Å². The van der Waals surface area contributed by atoms with Gasteiger partial charge in [-0.05, 0) is 92.7 Å². The number of carbonyl (C=O) groups excluding carboxylic acids is 10. The van der Waals surface area contributed by atoms with Crippen LogP contribution in [0.2, 0.25) is 0 Å². The van der Waals surface area contributed by atoms with Crippen molar-refractivity contribution in [2.24, 2.45) is 40.9 Å². The van der Waals surface area contributed by atoms with Gasteiger partial charge in [0.2, 0.25) is 47.3 Å². The lowest BCUT2D eigenvalue weighted by Gasteiger charge is -2.30. The number of ketones is 1. The van der Waals surface area contributed by atoms with Gasteiger partial charge in [-0.2, -0.15) is 0 Å². The molecule has 2 heterocycles. The van der Waals surface area contributed by atoms with Crippen molar-refractivity contribution in [2.75, 3.05) is 17.2 Å². The first-order valence-corrected chi connectivity index (χ1v) is 24.3. The minimum atomic E-state index is -1.16. The van der Waals surface area contributed by atoms with Gasteiger partial charge in [0.25, 0.3) is 0 Å². The largest absolute Gasteiger partial charge is 0.368 e. The zero-order valence-corrected chi connectivity index (χ0v) is 41.0. The molecule has 0 spiro atoms. The molecule has 2 saturated heterocycles. The lowest BCUT2D eigenvalue weighted by Crippen LogP contribution is -2.56. The molecule has 0 aliphatic carbocycles. The zero-order chi connectivity index (χ0) is 51.7. The van der Waals surface area contributed by atoms with E-state index in [4.69, 9.17) is 17.2 Å². The Morgan fingerprint density at radius 1 is 0.686 bits per heavy atom. The number of nitrogens with zero attached hydrogens (tertiary/aromatic N) is 1. The smallest absolute Gasteiger partial charge is 0.316 e. The van der Waals surface area contributed by atoms with Gasteiger partial charge in [-0.3, -0.25) is 48.5 Å². The summed E-state index contributed by atoms with van der Waals surface area (Å²) in [6, 6.07) is 7.15. The van der Waals surface area contributed by atoms with Crippen molar-refractivity contribution in [3.8, 4) is 0 Å². The first-order chi connectivity index (χ1) is 33.1. The number of nitrogens with two attached hydrogens (primary N) is 3. The van der Waals surface area contributed by atoms with Crippen LogP contribution in [0, 0.1) is 23.7 Å². The van der Waals surface area contributed by atoms with Gasteiger partial charge in [0, 0.05) is 43.1 Å². The lowest BCUT2D eigenvalue weighted by molar-refractivity contribution is -0.143. The highest BCUT2D eigenvalue weighted by Crippen LogP contribution is 2.24. The molecule has 2 aromatic rings. The summed E-state index contributed by atoms with van der Waals surface area (Å²) < 4.78 is 0. The number of anilines is 2. The van der Waals surface area contributed by atoms with E-state index in [1.165, 1.54) is 11.8 Å². The summed E-state index contributed by atoms with van der Waals surface area (Å²) in [7, 11) is 0. The molecule has 2 aliphatic rings. The van der Waals surface area contributed by atoms with Crippen molar-refractivity contribution < 1.29 is 47.9 Å². The van der Waals surface area contributed by atoms with E-state index in [2.05, 4.69) is 45.7 Å². The second kappa shape index (κ2) is 26.9. The third-order valence-corrected chi connectivity index (χ3v) is 12.5. The SMILES string of the molecule is CC(C)CCCCC[C@H](NC(=O)[C@@H](CC(=O)[C@@H](Cc1ccc(NC(N)=O)cc1)NC(=O)[C@@H](N)Cc1ccc(NC(=O)C2CC(=O)NC(=O)C2)cc1)CC(C)C)C(=O)N1CCCC1C(=O)N[C@H](C)C(N)=O. The van der Waals surface area contributed by atoms with Crippen LogP contribution in [0.1, 0.15) is 116 Å². The number of rotatable bonds is 26. The molecule has 0 bridgehead atoms. The number of primary amides is 2. The number of Topliss-reactive ketones (excluding diaryl/α,β-unsaturated/α-hetero) is 1. The molecule has 0 aromatic heterocycles. The molecule has 20 nitrogen and oxygen atoms in total. The standard InChI is InChI=1S/C50H72N10O10/c1-28(2)10-7-6-8-11-38(49(69)60-21-9-12-40(60)48(68)54-30(5)44(52)64)57-46(66)33(22-29(3)4)25-41(61)39(24-32-15-19-36(20-16-32)56-50(53)70)58-47(67)37(51)23-31-13-17-35(18-14-31)55-45(65)34-26-42(62)59-43(63)27-34/h13-20,28-30,33-34,37-40H,6-12,21-27,51H2,1-5H3,(H2,52,64)(H,54,68)(H,55,65)(H,57,66)(H,58,67)(H3,53,56,70)(H,59,62,63)/t30-,33-,37+,38+,39-,40?/m1/s1. The van der Waals surface area contributed by atoms with Crippen LogP contribution in [0.15, 0.2) is 48.5 Å². The second-order valence-electron chi connectivity index (χ2n) is 19.4. The van der Waals surface area contributed by atoms with E-state index in [9.17, 15) is 47.9 Å². The molecule has 12 N–H and O–H groups in total. The molecule has 70 heavy (non-hydrogen) atoms. The molecule has 0 saturated carbocycles. The number of hydrogen-bond donors (Lipinski definition) is 9. The van der Waals surface area contributed by atoms with E-state index in [1.807, 2.05) is 13.8 Å². The maximum Gasteiger partial charge on any atom is 0.316 e. The Balaban J connectivity index is 1.52. The number of likely N-dealkylation sites (tertiary alicyclic amines) is 1. The molecule has 6 atom stereocenters. The van der Waals surface area contributed by atoms with Gasteiger partial charge in [0.1, 0.15) is 18.1 Å². The predicted octanol–water partition coefficient (Wildman–Crippen LogP) is 2.46. The Bertz CT molecular complexity index is 2180. The van der Waals surface area contributed by atoms with Gasteiger partial charge >= 0.3 is 6.03 Å². The van der Waals surface area contributed by atoms with Gasteiger partial charge in [0.15, 0.2) is 5.78 Å². The number of imide groups is 1. The van der Waals surface area contributed by atoms with Crippen molar-refractivity contribution in [1.29, 1.82) is 0 Å². The van der Waals surface area contributed by atoms with E-state index in [1.54, 1.807) is 48.5 Å². The highest BCUT2D eigenvalue weighted by molar-refractivity contribution is 6.05. The fourth-order valence-electron chi connectivity index (χ4n) is 8.65. The summed E-state index contributed by atoms with van der Waals surface area (Å²) in [6.07, 6.45) is 4.34. The number of benzene rings is 2. The topological polar surface area (TPSA) is 324 Å². The molecule has 2 aliphatic heterocycles. The molecule has 0 radical (unpaired) electrons. The van der Waals surface area contributed by atoms with Crippen LogP contribution in [0.3, 0.4) is 0 Å². The maximum absolute atomic E-state index is 14.5. The number of nitrogens with one attached hydrogen (secondary N) is 6. The Labute approximate surface area is 409 Å². The monoisotopic (exact) mass is 973 g/mol. The molecular weight excluding hydrogens is 901 g/mol. The van der Waals surface area contributed by atoms with Crippen molar-refractivity contribution in [1.82, 2.24) is 26.2 Å². The van der Waals surface area contributed by atoms with Crippen LogP contribution in [0.5, 0.6) is 0 Å². The predicted molar refractivity (Wildman–Crippen MR) is 262 cm³/mol. The molecule has 10 amide bonds. The summed E-state index contributed by atoms with van der Waals surface area (Å²) in [4.78, 5) is 131. The number of carbonyl (C=O) groups is 10. The highest BCUT2D eigenvalue weighted by atomic mass is 16.2. The Kier molecular flexibility index (Phi) is 21.5. The third kappa shape index (κ3) is 18.0. The number of hydrogen-bond acceptors (Lipinski definition) is 11. The average molecular weight is 973 g/mol. The highest BCUT2D eigenvalue weighted by Gasteiger charge is 2.39. The molecular formula is C50H72N10O10. The Morgan fingerprint density at radius 3 is 1.83 bits per heavy atom. The first-order valence-electron chi connectivity index (χ1n) is 24.3. The third-order valence-electron chi connectivity index (χ3n) is 12.5. The fraction of sp³-hybridized carbons (Fsp3) is 0.560. The summed E-state index contributed by atoms with van der Waals surface area (Å²) in [5.41, 5.74) is 19.1. The fourth-order valence-corrected chi connectivity index (χ4v) is 8.65. The molecule has 2 aromatic carbocycles. The molecule has 1 unspecified atom stereocenters. The van der Waals surface area contributed by atoms with Crippen LogP contribution in [0.4, 0.5) is 16.2 Å². The summed E-state index contributed by atoms with van der Waals surface area (Å²) in [5, 5.41) is 15.7. The minimum Gasteiger partial charge on any atom is -0.368 e. The minimum absolute atomic E-state index is 0.00290. The summed E-state index contributed by atoms with van der Waals surface area (Å²) in [5.74, 6) is -6.11. The van der Waals surface area contributed by atoms with Crippen LogP contribution < -0.4 is 49.1 Å². The van der Waals surface area contributed by atoms with Crippen LogP contribution in [-0.4, -0.2) is 101 Å². The number of amides is 10. The molecule has 382 valence electrons. The van der Waals surface area contributed by atoms with Gasteiger partial charge in [-0.15, -0.1) is 0 Å². The van der Waals surface area contributed by atoms with E-state index < -0.39 is 101 Å². The Morgan fingerprint density at radius 2 is 1.26 bits per heavy atom. The van der Waals surface area contributed by atoms with E-state index >= 15 is 0 Å². The quantitative estimate of drug-likeness (QED) is 0.0487. The van der Waals surface area contributed by atoms with E-state index in [-0.39, 0.29) is 51.0 Å². The zero-order valence-electron chi connectivity index (χ0n) is 41.0. The summed E-state index contributed by atoms with van der Waals surface area (Å²) >= 11 is 0. The van der Waals surface area contributed by atoms with Crippen LogP contribution in [0.25, 0.3) is 0 Å². The van der Waals surface area contributed by atoms with Crippen molar-refractivity contribution in [3.63, 3.8) is 0 Å². The first kappa shape index (κ1) is 55.9. The molecule has 20 heteroatoms. The van der Waals surface area contributed by atoms with E-state index in [0.717, 1.165) is 19.3 Å². The number of urea groups is 1. The van der Waals surface area contributed by atoms with Crippen molar-refractivity contribution in [3.05, 3.63) is 59.7 Å². The number of unbranched alkanes of at least 4 members (excludes halogenated alkanes) is 2. The van der Waals surface area contributed by atoms with Crippen molar-refractivity contribution >= 4 is 70.4 Å². The molecule has 2 fully saturated rings. The van der Waals surface area contributed by atoms with E-state index in [0.29, 0.717) is 54.1 Å². The van der Waals surface area contributed by atoms with Crippen molar-refractivity contribution in [2.45, 2.75) is 148 Å². The van der Waals surface area contributed by atoms with Gasteiger partial charge in [-0.25, -0.2) is 4.79 Å². The van der Waals surface area contributed by atoms with Gasteiger partial charge in [0.05, 0.1) is 18.0 Å². The normalized spacial score (nSPS) is 17.1. The lowest BCUT2D eigenvalue weighted by atomic mass is 9.88. The van der Waals surface area contributed by atoms with Crippen LogP contribution in [-0.2, 0) is 56.0 Å². The maximum atomic E-state index is 14.5. The van der Waals surface area contributed by atoms with Crippen LogP contribution >= 0.6 is 0 Å². The van der Waals surface area contributed by atoms with Gasteiger partial charge in [-0.1, -0.05) is 77.6 Å². The second-order valence-corrected chi connectivity index (χ2v) is 19.4. The average Bonchev–Trinajstić information content (AvgIpc) is 3.79. The molecule has 4 rings (SSSR count).